The first-order valence-corrected chi connectivity index (χ1v) is 7.52. The molecule has 2 aromatic carbocycles. The van der Waals surface area contributed by atoms with Gasteiger partial charge in [0.1, 0.15) is 17.6 Å². The first kappa shape index (κ1) is 17.9. The van der Waals surface area contributed by atoms with E-state index in [1.54, 1.807) is 24.3 Å². The summed E-state index contributed by atoms with van der Waals surface area (Å²) in [5.74, 6) is -4.90. The number of aromatic nitrogens is 2. The van der Waals surface area contributed by atoms with Crippen LogP contribution in [0.2, 0.25) is 0 Å². The van der Waals surface area contributed by atoms with Crippen molar-refractivity contribution in [3.05, 3.63) is 77.5 Å². The van der Waals surface area contributed by atoms with Crippen LogP contribution in [0.1, 0.15) is 16.1 Å². The second-order valence-corrected chi connectivity index (χ2v) is 5.25. The Bertz CT molecular complexity index is 1050. The van der Waals surface area contributed by atoms with Crippen molar-refractivity contribution < 1.29 is 18.0 Å². The molecule has 0 bridgehead atoms. The SMILES string of the molecule is N#Cc1ccccc1NC(=O)c1cnc(Nc2ccc(F)c(F)c2F)cn1. The molecule has 0 aliphatic rings. The highest BCUT2D eigenvalue weighted by Crippen LogP contribution is 2.22. The number of hydrogen-bond donors (Lipinski definition) is 2. The summed E-state index contributed by atoms with van der Waals surface area (Å²) in [4.78, 5) is 20.0. The van der Waals surface area contributed by atoms with Gasteiger partial charge in [-0.25, -0.2) is 23.1 Å². The number of halogens is 3. The molecule has 0 radical (unpaired) electrons. The molecule has 0 aliphatic carbocycles. The molecular weight excluding hydrogens is 359 g/mol. The van der Waals surface area contributed by atoms with E-state index >= 15 is 0 Å². The fraction of sp³-hybridized carbons (Fsp3) is 0. The molecule has 27 heavy (non-hydrogen) atoms. The zero-order valence-corrected chi connectivity index (χ0v) is 13.5. The van der Waals surface area contributed by atoms with Gasteiger partial charge in [-0.15, -0.1) is 0 Å². The van der Waals surface area contributed by atoms with Crippen molar-refractivity contribution in [2.24, 2.45) is 0 Å². The predicted octanol–water partition coefficient (Wildman–Crippen LogP) is 3.76. The molecule has 0 spiro atoms. The van der Waals surface area contributed by atoms with Crippen molar-refractivity contribution in [2.45, 2.75) is 0 Å². The Labute approximate surface area is 151 Å². The molecule has 3 rings (SSSR count). The van der Waals surface area contributed by atoms with Gasteiger partial charge >= 0.3 is 0 Å². The molecule has 2 N–H and O–H groups in total. The van der Waals surface area contributed by atoms with Gasteiger partial charge in [-0.1, -0.05) is 12.1 Å². The number of para-hydroxylation sites is 1. The van der Waals surface area contributed by atoms with Gasteiger partial charge in [-0.3, -0.25) is 4.79 Å². The standard InChI is InChI=1S/C18H10F3N5O/c19-11-5-6-13(17(21)16(11)20)25-15-9-23-14(8-24-15)18(27)26-12-4-2-1-3-10(12)7-22/h1-6,8-9H,(H,24,25)(H,26,27). The van der Waals surface area contributed by atoms with E-state index in [-0.39, 0.29) is 22.8 Å². The molecule has 6 nitrogen and oxygen atoms in total. The smallest absolute Gasteiger partial charge is 0.275 e. The lowest BCUT2D eigenvalue weighted by molar-refractivity contribution is 0.102. The van der Waals surface area contributed by atoms with Crippen LogP contribution in [0.25, 0.3) is 0 Å². The third-order valence-electron chi connectivity index (χ3n) is 3.48. The number of hydrogen-bond acceptors (Lipinski definition) is 5. The van der Waals surface area contributed by atoms with Crippen LogP contribution in [-0.4, -0.2) is 15.9 Å². The van der Waals surface area contributed by atoms with Gasteiger partial charge in [-0.2, -0.15) is 5.26 Å². The molecule has 0 fully saturated rings. The molecule has 0 saturated carbocycles. The summed E-state index contributed by atoms with van der Waals surface area (Å²) >= 11 is 0. The number of carbonyl (C=O) groups excluding carboxylic acids is 1. The summed E-state index contributed by atoms with van der Waals surface area (Å²) in [5, 5.41) is 14.0. The van der Waals surface area contributed by atoms with Gasteiger partial charge in [-0.05, 0) is 24.3 Å². The Hall–Kier alpha value is -3.93. The molecule has 0 aliphatic heterocycles. The Morgan fingerprint density at radius 1 is 0.963 bits per heavy atom. The van der Waals surface area contributed by atoms with Gasteiger partial charge in [0, 0.05) is 0 Å². The van der Waals surface area contributed by atoms with Crippen LogP contribution >= 0.6 is 0 Å². The minimum atomic E-state index is -1.61. The molecule has 134 valence electrons. The van der Waals surface area contributed by atoms with Crippen molar-refractivity contribution in [3.8, 4) is 6.07 Å². The van der Waals surface area contributed by atoms with E-state index in [1.807, 2.05) is 6.07 Å². The minimum Gasteiger partial charge on any atom is -0.336 e. The van der Waals surface area contributed by atoms with E-state index in [0.29, 0.717) is 5.69 Å². The average molecular weight is 369 g/mol. The van der Waals surface area contributed by atoms with Crippen molar-refractivity contribution in [3.63, 3.8) is 0 Å². The number of anilines is 3. The lowest BCUT2D eigenvalue weighted by Gasteiger charge is -2.09. The largest absolute Gasteiger partial charge is 0.336 e. The predicted molar refractivity (Wildman–Crippen MR) is 90.7 cm³/mol. The molecular formula is C18H10F3N5O. The second-order valence-electron chi connectivity index (χ2n) is 5.25. The molecule has 1 aromatic heterocycles. The summed E-state index contributed by atoms with van der Waals surface area (Å²) in [6.45, 7) is 0. The zero-order chi connectivity index (χ0) is 19.4. The molecule has 1 heterocycles. The topological polar surface area (TPSA) is 90.7 Å². The monoisotopic (exact) mass is 369 g/mol. The van der Waals surface area contributed by atoms with Crippen LogP contribution in [0.4, 0.5) is 30.4 Å². The molecule has 0 saturated heterocycles. The van der Waals surface area contributed by atoms with E-state index < -0.39 is 23.4 Å². The second kappa shape index (κ2) is 7.53. The summed E-state index contributed by atoms with van der Waals surface area (Å²) in [7, 11) is 0. The summed E-state index contributed by atoms with van der Waals surface area (Å²) in [5.41, 5.74) is 0.214. The summed E-state index contributed by atoms with van der Waals surface area (Å²) in [6.07, 6.45) is 2.25. The van der Waals surface area contributed by atoms with E-state index in [9.17, 15) is 18.0 Å². The zero-order valence-electron chi connectivity index (χ0n) is 13.5. The molecule has 3 aromatic rings. The van der Waals surface area contributed by atoms with Crippen molar-refractivity contribution >= 4 is 23.1 Å². The van der Waals surface area contributed by atoms with Crippen LogP contribution in [0.15, 0.2) is 48.8 Å². The Morgan fingerprint density at radius 3 is 2.44 bits per heavy atom. The van der Waals surface area contributed by atoms with Crippen molar-refractivity contribution in [2.75, 3.05) is 10.6 Å². The molecule has 0 atom stereocenters. The van der Waals surface area contributed by atoms with Crippen LogP contribution < -0.4 is 10.6 Å². The first-order chi connectivity index (χ1) is 13.0. The molecule has 0 unspecified atom stereocenters. The Balaban J connectivity index is 1.75. The highest BCUT2D eigenvalue weighted by Gasteiger charge is 2.15. The van der Waals surface area contributed by atoms with E-state index in [4.69, 9.17) is 5.26 Å². The quantitative estimate of drug-likeness (QED) is 0.684. The fourth-order valence-electron chi connectivity index (χ4n) is 2.15. The summed E-state index contributed by atoms with van der Waals surface area (Å²) < 4.78 is 39.8. The Morgan fingerprint density at radius 2 is 1.74 bits per heavy atom. The normalized spacial score (nSPS) is 10.1. The van der Waals surface area contributed by atoms with E-state index in [0.717, 1.165) is 24.5 Å². The molecule has 1 amide bonds. The lowest BCUT2D eigenvalue weighted by Crippen LogP contribution is -2.15. The first-order valence-electron chi connectivity index (χ1n) is 7.52. The summed E-state index contributed by atoms with van der Waals surface area (Å²) in [6, 6.07) is 10.1. The number of nitrogens with zero attached hydrogens (tertiary/aromatic N) is 3. The highest BCUT2D eigenvalue weighted by atomic mass is 19.2. The van der Waals surface area contributed by atoms with Crippen LogP contribution in [0.5, 0.6) is 0 Å². The number of amides is 1. The maximum absolute atomic E-state index is 13.7. The van der Waals surface area contributed by atoms with E-state index in [2.05, 4.69) is 20.6 Å². The maximum Gasteiger partial charge on any atom is 0.275 e. The average Bonchev–Trinajstić information content (AvgIpc) is 2.69. The third-order valence-corrected chi connectivity index (χ3v) is 3.48. The number of rotatable bonds is 4. The van der Waals surface area contributed by atoms with Gasteiger partial charge in [0.25, 0.3) is 5.91 Å². The number of carbonyl (C=O) groups is 1. The van der Waals surface area contributed by atoms with Gasteiger partial charge < -0.3 is 10.6 Å². The lowest BCUT2D eigenvalue weighted by atomic mass is 10.2. The van der Waals surface area contributed by atoms with Gasteiger partial charge in [0.05, 0.1) is 29.3 Å². The van der Waals surface area contributed by atoms with Crippen molar-refractivity contribution in [1.29, 1.82) is 5.26 Å². The van der Waals surface area contributed by atoms with E-state index in [1.165, 1.54) is 0 Å². The Kier molecular flexibility index (Phi) is 4.99. The number of nitrogens with one attached hydrogen (secondary N) is 2. The minimum absolute atomic E-state index is 0.0221. The van der Waals surface area contributed by atoms with Crippen LogP contribution in [-0.2, 0) is 0 Å². The molecule has 9 heteroatoms. The number of nitriles is 1. The van der Waals surface area contributed by atoms with Crippen molar-refractivity contribution in [1.82, 2.24) is 9.97 Å². The third kappa shape index (κ3) is 3.85. The highest BCUT2D eigenvalue weighted by molar-refractivity contribution is 6.03. The van der Waals surface area contributed by atoms with Crippen LogP contribution in [0.3, 0.4) is 0 Å². The number of benzene rings is 2. The maximum atomic E-state index is 13.7. The van der Waals surface area contributed by atoms with Gasteiger partial charge in [0.15, 0.2) is 17.5 Å². The fourth-order valence-corrected chi connectivity index (χ4v) is 2.15. The van der Waals surface area contributed by atoms with Crippen LogP contribution in [0, 0.1) is 28.8 Å². The van der Waals surface area contributed by atoms with Gasteiger partial charge in [0.2, 0.25) is 0 Å².